The van der Waals surface area contributed by atoms with Gasteiger partial charge in [-0.15, -0.1) is 34.2 Å². The zero-order valence-corrected chi connectivity index (χ0v) is 19.6. The van der Waals surface area contributed by atoms with E-state index in [1.165, 1.54) is 5.56 Å². The Labute approximate surface area is 185 Å². The van der Waals surface area contributed by atoms with E-state index in [4.69, 9.17) is 0 Å². The monoisotopic (exact) mass is 497 g/mol. The van der Waals surface area contributed by atoms with E-state index in [2.05, 4.69) is 68.0 Å². The van der Waals surface area contributed by atoms with E-state index in [9.17, 15) is 0 Å². The Bertz CT molecular complexity index is 759. The maximum absolute atomic E-state index is 4.37. The number of benzene rings is 1. The SMILES string of the molecule is CN=C(NCc1nnc(C)n1C)NC1CCN(Cc2ccccc2)C(C)C1.I. The fourth-order valence-corrected chi connectivity index (χ4v) is 3.56. The van der Waals surface area contributed by atoms with E-state index in [0.717, 1.165) is 43.5 Å². The second kappa shape index (κ2) is 10.8. The Morgan fingerprint density at radius 2 is 2.00 bits per heavy atom. The lowest BCUT2D eigenvalue weighted by atomic mass is 9.97. The zero-order valence-electron chi connectivity index (χ0n) is 17.2. The molecule has 0 aliphatic carbocycles. The Hall–Kier alpha value is -1.68. The number of nitrogens with one attached hydrogen (secondary N) is 2. The van der Waals surface area contributed by atoms with Crippen molar-refractivity contribution in [3.8, 4) is 0 Å². The number of hydrogen-bond donors (Lipinski definition) is 2. The molecule has 0 spiro atoms. The first-order valence-corrected chi connectivity index (χ1v) is 9.67. The topological polar surface area (TPSA) is 70.4 Å². The highest BCUT2D eigenvalue weighted by Gasteiger charge is 2.26. The summed E-state index contributed by atoms with van der Waals surface area (Å²) >= 11 is 0. The summed E-state index contributed by atoms with van der Waals surface area (Å²) in [5.74, 6) is 2.64. The summed E-state index contributed by atoms with van der Waals surface area (Å²) < 4.78 is 1.99. The molecular weight excluding hydrogens is 465 g/mol. The molecule has 0 radical (unpaired) electrons. The summed E-state index contributed by atoms with van der Waals surface area (Å²) in [5, 5.41) is 15.2. The fourth-order valence-electron chi connectivity index (χ4n) is 3.56. The lowest BCUT2D eigenvalue weighted by Crippen LogP contribution is -2.51. The number of aryl methyl sites for hydroxylation is 1. The molecule has 2 N–H and O–H groups in total. The van der Waals surface area contributed by atoms with Gasteiger partial charge in [0.05, 0.1) is 6.54 Å². The van der Waals surface area contributed by atoms with Crippen LogP contribution in [0.25, 0.3) is 0 Å². The molecule has 0 amide bonds. The van der Waals surface area contributed by atoms with Gasteiger partial charge in [-0.05, 0) is 32.3 Å². The molecule has 1 aromatic heterocycles. The lowest BCUT2D eigenvalue weighted by Gasteiger charge is -2.38. The van der Waals surface area contributed by atoms with Gasteiger partial charge in [0.25, 0.3) is 0 Å². The summed E-state index contributed by atoms with van der Waals surface area (Å²) in [7, 11) is 3.79. The molecule has 1 aliphatic rings. The Morgan fingerprint density at radius 3 is 2.61 bits per heavy atom. The summed E-state index contributed by atoms with van der Waals surface area (Å²) in [4.78, 5) is 6.93. The molecule has 154 valence electrons. The molecule has 1 aliphatic heterocycles. The van der Waals surface area contributed by atoms with Gasteiger partial charge in [-0.3, -0.25) is 9.89 Å². The molecule has 0 saturated carbocycles. The van der Waals surface area contributed by atoms with Crippen molar-refractivity contribution in [2.75, 3.05) is 13.6 Å². The molecule has 2 atom stereocenters. The maximum atomic E-state index is 4.37. The average molecular weight is 497 g/mol. The maximum Gasteiger partial charge on any atom is 0.191 e. The normalized spacial score (nSPS) is 20.5. The molecule has 28 heavy (non-hydrogen) atoms. The van der Waals surface area contributed by atoms with Crippen molar-refractivity contribution < 1.29 is 0 Å². The van der Waals surface area contributed by atoms with E-state index in [0.29, 0.717) is 18.6 Å². The van der Waals surface area contributed by atoms with Crippen molar-refractivity contribution in [1.82, 2.24) is 30.3 Å². The van der Waals surface area contributed by atoms with Crippen molar-refractivity contribution >= 4 is 29.9 Å². The predicted molar refractivity (Wildman–Crippen MR) is 124 cm³/mol. The van der Waals surface area contributed by atoms with E-state index in [-0.39, 0.29) is 24.0 Å². The third kappa shape index (κ3) is 5.91. The molecule has 2 unspecified atom stereocenters. The van der Waals surface area contributed by atoms with E-state index in [1.54, 1.807) is 0 Å². The van der Waals surface area contributed by atoms with Crippen LogP contribution in [0.5, 0.6) is 0 Å². The van der Waals surface area contributed by atoms with Gasteiger partial charge >= 0.3 is 0 Å². The number of halogens is 1. The highest BCUT2D eigenvalue weighted by molar-refractivity contribution is 14.0. The highest BCUT2D eigenvalue weighted by atomic mass is 127. The van der Waals surface area contributed by atoms with Gasteiger partial charge in [0.2, 0.25) is 0 Å². The molecule has 1 saturated heterocycles. The van der Waals surface area contributed by atoms with Crippen LogP contribution >= 0.6 is 24.0 Å². The van der Waals surface area contributed by atoms with Crippen LogP contribution in [0.3, 0.4) is 0 Å². The van der Waals surface area contributed by atoms with E-state index in [1.807, 2.05) is 25.6 Å². The van der Waals surface area contributed by atoms with Crippen LogP contribution in [0.4, 0.5) is 0 Å². The van der Waals surface area contributed by atoms with Crippen molar-refractivity contribution in [2.24, 2.45) is 12.0 Å². The van der Waals surface area contributed by atoms with Crippen LogP contribution in [0.15, 0.2) is 35.3 Å². The first-order valence-electron chi connectivity index (χ1n) is 9.67. The summed E-state index contributed by atoms with van der Waals surface area (Å²) in [6.07, 6.45) is 2.22. The quantitative estimate of drug-likeness (QED) is 0.378. The highest BCUT2D eigenvalue weighted by Crippen LogP contribution is 2.19. The summed E-state index contributed by atoms with van der Waals surface area (Å²) in [6.45, 7) is 6.99. The number of aliphatic imine (C=N–C) groups is 1. The molecule has 0 bridgehead atoms. The fraction of sp³-hybridized carbons (Fsp3) is 0.550. The van der Waals surface area contributed by atoms with Crippen molar-refractivity contribution in [3.05, 3.63) is 47.5 Å². The minimum Gasteiger partial charge on any atom is -0.354 e. The molecule has 2 aromatic rings. The van der Waals surface area contributed by atoms with Crippen LogP contribution in [-0.4, -0.2) is 51.3 Å². The second-order valence-electron chi connectivity index (χ2n) is 7.32. The van der Waals surface area contributed by atoms with Crippen LogP contribution in [0, 0.1) is 6.92 Å². The van der Waals surface area contributed by atoms with Gasteiger partial charge in [0.1, 0.15) is 5.82 Å². The predicted octanol–water partition coefficient (Wildman–Crippen LogP) is 2.46. The molecule has 8 heteroatoms. The van der Waals surface area contributed by atoms with Crippen LogP contribution in [0.1, 0.15) is 37.0 Å². The number of piperidine rings is 1. The van der Waals surface area contributed by atoms with Gasteiger partial charge in [0, 0.05) is 39.3 Å². The van der Waals surface area contributed by atoms with Crippen LogP contribution < -0.4 is 10.6 Å². The largest absolute Gasteiger partial charge is 0.354 e. The molecular formula is C20H32IN7. The summed E-state index contributed by atoms with van der Waals surface area (Å²) in [5.41, 5.74) is 1.38. The van der Waals surface area contributed by atoms with Crippen LogP contribution in [-0.2, 0) is 20.1 Å². The number of guanidine groups is 1. The van der Waals surface area contributed by atoms with Crippen molar-refractivity contribution in [2.45, 2.75) is 51.9 Å². The van der Waals surface area contributed by atoms with Gasteiger partial charge < -0.3 is 15.2 Å². The number of nitrogens with zero attached hydrogens (tertiary/aromatic N) is 5. The number of aromatic nitrogens is 3. The average Bonchev–Trinajstić information content (AvgIpc) is 3.00. The second-order valence-corrected chi connectivity index (χ2v) is 7.32. The molecule has 1 fully saturated rings. The number of likely N-dealkylation sites (tertiary alicyclic amines) is 1. The molecule has 1 aromatic carbocycles. The zero-order chi connectivity index (χ0) is 19.2. The van der Waals surface area contributed by atoms with Crippen LogP contribution in [0.2, 0.25) is 0 Å². The van der Waals surface area contributed by atoms with Gasteiger partial charge in [-0.2, -0.15) is 0 Å². The van der Waals surface area contributed by atoms with Gasteiger partial charge in [-0.1, -0.05) is 30.3 Å². The third-order valence-electron chi connectivity index (χ3n) is 5.40. The Kier molecular flexibility index (Phi) is 8.68. The smallest absolute Gasteiger partial charge is 0.191 e. The summed E-state index contributed by atoms with van der Waals surface area (Å²) in [6, 6.07) is 11.7. The molecule has 3 rings (SSSR count). The first kappa shape index (κ1) is 22.6. The minimum atomic E-state index is 0. The minimum absolute atomic E-state index is 0. The van der Waals surface area contributed by atoms with E-state index < -0.39 is 0 Å². The number of rotatable bonds is 5. The Balaban J connectivity index is 0.00000280. The molecule has 7 nitrogen and oxygen atoms in total. The first-order chi connectivity index (χ1) is 13.1. The third-order valence-corrected chi connectivity index (χ3v) is 5.40. The van der Waals surface area contributed by atoms with Gasteiger partial charge in [0.15, 0.2) is 11.8 Å². The van der Waals surface area contributed by atoms with Crippen molar-refractivity contribution in [3.63, 3.8) is 0 Å². The number of hydrogen-bond acceptors (Lipinski definition) is 4. The lowest BCUT2D eigenvalue weighted by molar-refractivity contribution is 0.134. The van der Waals surface area contributed by atoms with Crippen molar-refractivity contribution in [1.29, 1.82) is 0 Å². The Morgan fingerprint density at radius 1 is 1.25 bits per heavy atom. The van der Waals surface area contributed by atoms with Gasteiger partial charge in [-0.25, -0.2) is 0 Å². The standard InChI is InChI=1S/C20H31N7.HI/c1-15-12-18(10-11-27(15)14-17-8-6-5-7-9-17)23-20(21-3)22-13-19-25-24-16(2)26(19)4;/h5-9,15,18H,10-14H2,1-4H3,(H2,21,22,23);1H. The van der Waals surface area contributed by atoms with E-state index >= 15 is 0 Å². The molecule has 2 heterocycles.